The molecular weight excluding hydrogens is 346 g/mol. The number of ether oxygens (including phenoxy) is 1. The second-order valence-electron chi connectivity index (χ2n) is 5.67. The Labute approximate surface area is 159 Å². The largest absolute Gasteiger partial charge is 0.477 e. The summed E-state index contributed by atoms with van der Waals surface area (Å²) in [5.41, 5.74) is 4.20. The van der Waals surface area contributed by atoms with E-state index in [0.29, 0.717) is 36.1 Å². The first kappa shape index (κ1) is 19.7. The molecule has 2 aromatic heterocycles. The van der Waals surface area contributed by atoms with E-state index in [1.165, 1.54) is 6.21 Å². The van der Waals surface area contributed by atoms with Crippen LogP contribution in [-0.2, 0) is 0 Å². The Balaban J connectivity index is 2.44. The van der Waals surface area contributed by atoms with Crippen LogP contribution in [0.4, 0.5) is 5.69 Å². The number of hydrogen-bond donors (Lipinski definition) is 4. The van der Waals surface area contributed by atoms with Crippen molar-refractivity contribution in [2.75, 3.05) is 18.5 Å². The summed E-state index contributed by atoms with van der Waals surface area (Å²) in [6, 6.07) is 5.65. The summed E-state index contributed by atoms with van der Waals surface area (Å²) < 4.78 is 5.60. The molecule has 0 aliphatic heterocycles. The third-order valence-corrected chi connectivity index (χ3v) is 3.91. The molecule has 2 aromatic rings. The van der Waals surface area contributed by atoms with Crippen molar-refractivity contribution in [3.8, 4) is 17.1 Å². The SMILES string of the molecule is CCOc1ncccc1-c1cc(NC/C(S)=C/C(C)=N)c(C)c(C=N)n1. The van der Waals surface area contributed by atoms with Crippen molar-refractivity contribution < 1.29 is 4.74 Å². The van der Waals surface area contributed by atoms with Crippen molar-refractivity contribution >= 4 is 30.2 Å². The molecule has 26 heavy (non-hydrogen) atoms. The van der Waals surface area contributed by atoms with Gasteiger partial charge in [-0.15, -0.1) is 12.6 Å². The highest BCUT2D eigenvalue weighted by Gasteiger charge is 2.13. The third-order valence-electron chi connectivity index (χ3n) is 3.62. The number of anilines is 1. The van der Waals surface area contributed by atoms with Crippen LogP contribution in [0.15, 0.2) is 35.4 Å². The van der Waals surface area contributed by atoms with Gasteiger partial charge in [-0.1, -0.05) is 0 Å². The van der Waals surface area contributed by atoms with Crippen LogP contribution < -0.4 is 10.1 Å². The number of thiol groups is 1. The average molecular weight is 369 g/mol. The van der Waals surface area contributed by atoms with Crippen LogP contribution >= 0.6 is 12.6 Å². The first-order valence-electron chi connectivity index (χ1n) is 8.25. The molecule has 0 aliphatic carbocycles. The minimum absolute atomic E-state index is 0.445. The number of hydrogen-bond acceptors (Lipinski definition) is 7. The van der Waals surface area contributed by atoms with E-state index in [-0.39, 0.29) is 0 Å². The molecule has 0 atom stereocenters. The van der Waals surface area contributed by atoms with E-state index in [2.05, 4.69) is 27.9 Å². The quantitative estimate of drug-likeness (QED) is 0.416. The lowest BCUT2D eigenvalue weighted by Crippen LogP contribution is -2.08. The second-order valence-corrected chi connectivity index (χ2v) is 6.25. The van der Waals surface area contributed by atoms with Crippen molar-refractivity contribution in [1.29, 1.82) is 10.8 Å². The fourth-order valence-electron chi connectivity index (χ4n) is 2.42. The molecule has 2 heterocycles. The van der Waals surface area contributed by atoms with Crippen LogP contribution in [0, 0.1) is 17.7 Å². The average Bonchev–Trinajstić information content (AvgIpc) is 2.61. The van der Waals surface area contributed by atoms with Crippen LogP contribution in [0.25, 0.3) is 11.3 Å². The van der Waals surface area contributed by atoms with Crippen molar-refractivity contribution in [1.82, 2.24) is 9.97 Å². The smallest absolute Gasteiger partial charge is 0.222 e. The molecule has 2 rings (SSSR count). The highest BCUT2D eigenvalue weighted by molar-refractivity contribution is 7.84. The van der Waals surface area contributed by atoms with E-state index in [0.717, 1.165) is 21.7 Å². The predicted molar refractivity (Wildman–Crippen MR) is 110 cm³/mol. The Morgan fingerprint density at radius 3 is 2.85 bits per heavy atom. The Morgan fingerprint density at radius 1 is 1.42 bits per heavy atom. The van der Waals surface area contributed by atoms with Gasteiger partial charge in [0.1, 0.15) is 0 Å². The van der Waals surface area contributed by atoms with E-state index in [1.54, 1.807) is 19.2 Å². The van der Waals surface area contributed by atoms with Gasteiger partial charge in [0.05, 0.1) is 23.6 Å². The molecule has 0 amide bonds. The number of rotatable bonds is 8. The van der Waals surface area contributed by atoms with E-state index in [9.17, 15) is 0 Å². The molecule has 7 heteroatoms. The first-order chi connectivity index (χ1) is 12.5. The molecule has 6 nitrogen and oxygen atoms in total. The summed E-state index contributed by atoms with van der Waals surface area (Å²) in [5.74, 6) is 0.516. The molecule has 136 valence electrons. The molecule has 0 aliphatic rings. The molecule has 0 saturated carbocycles. The van der Waals surface area contributed by atoms with Gasteiger partial charge in [0.2, 0.25) is 5.88 Å². The molecule has 0 aromatic carbocycles. The molecule has 0 saturated heterocycles. The molecule has 0 fully saturated rings. The topological polar surface area (TPSA) is 94.7 Å². The minimum atomic E-state index is 0.445. The van der Waals surface area contributed by atoms with E-state index < -0.39 is 0 Å². The fourth-order valence-corrected chi connectivity index (χ4v) is 2.69. The molecular formula is C19H23N5OS. The van der Waals surface area contributed by atoms with E-state index in [1.807, 2.05) is 32.0 Å². The summed E-state index contributed by atoms with van der Waals surface area (Å²) in [5, 5.41) is 18.5. The van der Waals surface area contributed by atoms with Gasteiger partial charge in [0.15, 0.2) is 0 Å². The fraction of sp³-hybridized carbons (Fsp3) is 0.263. The Kier molecular flexibility index (Phi) is 6.91. The highest BCUT2D eigenvalue weighted by Crippen LogP contribution is 2.30. The first-order valence-corrected chi connectivity index (χ1v) is 8.69. The molecule has 0 unspecified atom stereocenters. The van der Waals surface area contributed by atoms with Crippen molar-refractivity contribution in [3.63, 3.8) is 0 Å². The second kappa shape index (κ2) is 9.15. The summed E-state index contributed by atoms with van der Waals surface area (Å²) in [7, 11) is 0. The Morgan fingerprint density at radius 2 is 2.19 bits per heavy atom. The zero-order valence-corrected chi connectivity index (χ0v) is 16.0. The van der Waals surface area contributed by atoms with Crippen molar-refractivity contribution in [3.05, 3.63) is 46.6 Å². The number of aromatic nitrogens is 2. The van der Waals surface area contributed by atoms with Gasteiger partial charge in [0, 0.05) is 35.3 Å². The van der Waals surface area contributed by atoms with Gasteiger partial charge >= 0.3 is 0 Å². The van der Waals surface area contributed by atoms with Gasteiger partial charge in [-0.25, -0.2) is 9.97 Å². The lowest BCUT2D eigenvalue weighted by Gasteiger charge is -2.15. The lowest BCUT2D eigenvalue weighted by atomic mass is 10.1. The van der Waals surface area contributed by atoms with Crippen LogP contribution in [0.3, 0.4) is 0 Å². The molecule has 0 spiro atoms. The number of nitrogens with zero attached hydrogens (tertiary/aromatic N) is 2. The Bertz CT molecular complexity index is 848. The van der Waals surface area contributed by atoms with Gasteiger partial charge in [-0.05, 0) is 50.6 Å². The van der Waals surface area contributed by atoms with Crippen LogP contribution in [0.5, 0.6) is 5.88 Å². The summed E-state index contributed by atoms with van der Waals surface area (Å²) in [6.45, 7) is 6.51. The van der Waals surface area contributed by atoms with Crippen molar-refractivity contribution in [2.45, 2.75) is 20.8 Å². The summed E-state index contributed by atoms with van der Waals surface area (Å²) in [4.78, 5) is 9.60. The minimum Gasteiger partial charge on any atom is -0.477 e. The maximum Gasteiger partial charge on any atom is 0.222 e. The van der Waals surface area contributed by atoms with E-state index >= 15 is 0 Å². The maximum absolute atomic E-state index is 7.67. The zero-order valence-electron chi connectivity index (χ0n) is 15.1. The van der Waals surface area contributed by atoms with Gasteiger partial charge in [0.25, 0.3) is 0 Å². The monoisotopic (exact) mass is 369 g/mol. The predicted octanol–water partition coefficient (Wildman–Crippen LogP) is 4.11. The van der Waals surface area contributed by atoms with Crippen molar-refractivity contribution in [2.24, 2.45) is 0 Å². The van der Waals surface area contributed by atoms with Gasteiger partial charge in [-0.2, -0.15) is 0 Å². The highest BCUT2D eigenvalue weighted by atomic mass is 32.1. The Hall–Kier alpha value is -2.67. The zero-order chi connectivity index (χ0) is 19.1. The van der Waals surface area contributed by atoms with Crippen LogP contribution in [-0.4, -0.2) is 35.0 Å². The number of allylic oxidation sites excluding steroid dienone is 1. The van der Waals surface area contributed by atoms with Crippen LogP contribution in [0.1, 0.15) is 25.1 Å². The molecule has 3 N–H and O–H groups in total. The van der Waals surface area contributed by atoms with E-state index in [4.69, 9.17) is 15.6 Å². The number of pyridine rings is 2. The van der Waals surface area contributed by atoms with Crippen LogP contribution in [0.2, 0.25) is 0 Å². The standard InChI is InChI=1S/C19H23N5OS/c1-4-25-19-15(6-5-7-22-19)17-9-16(13(3)18(10-20)24-17)23-11-14(26)8-12(2)21/h5-10,20-21,26H,4,11H2,1-3H3,(H,23,24)/b14-8-,20-10?,21-12?. The van der Waals surface area contributed by atoms with Gasteiger partial charge in [-0.3, -0.25) is 0 Å². The third kappa shape index (κ3) is 4.92. The lowest BCUT2D eigenvalue weighted by molar-refractivity contribution is 0.328. The number of nitrogens with one attached hydrogen (secondary N) is 3. The summed E-state index contributed by atoms with van der Waals surface area (Å²) >= 11 is 4.39. The maximum atomic E-state index is 7.67. The summed E-state index contributed by atoms with van der Waals surface area (Å²) in [6.07, 6.45) is 4.61. The normalized spacial score (nSPS) is 11.2. The van der Waals surface area contributed by atoms with Gasteiger partial charge < -0.3 is 20.9 Å². The molecule has 0 bridgehead atoms. The molecule has 0 radical (unpaired) electrons.